The third-order valence-corrected chi connectivity index (χ3v) is 7.76. The Bertz CT molecular complexity index is 1130. The van der Waals surface area contributed by atoms with E-state index in [1.54, 1.807) is 24.2 Å². The first-order chi connectivity index (χ1) is 17.3. The number of carbonyl (C=O) groups excluding carboxylic acids is 2. The van der Waals surface area contributed by atoms with Gasteiger partial charge >= 0.3 is 6.18 Å². The van der Waals surface area contributed by atoms with E-state index < -0.39 is 11.7 Å². The standard InChI is InChI=1S/C26H32F3N5O2.ClH/c1-30-23(35)16-32-11-9-19(10-12-32)34-24(17-6-7-17)21(14-31-34)25(36)33-13-8-18(15-33)20-4-2-3-5-22(20)26(27,28)29;/h2-5,14,17-19H,6-13,15-16H2,1H3,(H,30,35);1H/t18-;/m1./s1. The van der Waals surface area contributed by atoms with Gasteiger partial charge in [-0.25, -0.2) is 0 Å². The fraction of sp³-hybridized carbons (Fsp3) is 0.577. The Morgan fingerprint density at radius 2 is 1.73 bits per heavy atom. The summed E-state index contributed by atoms with van der Waals surface area (Å²) in [6, 6.07) is 5.86. The van der Waals surface area contributed by atoms with Crippen LogP contribution < -0.4 is 5.32 Å². The molecule has 2 saturated heterocycles. The normalized spacial score (nSPS) is 21.1. The van der Waals surface area contributed by atoms with Gasteiger partial charge in [0.15, 0.2) is 0 Å². The first-order valence-corrected chi connectivity index (χ1v) is 12.7. The molecule has 2 aromatic rings. The number of benzene rings is 1. The molecule has 1 aromatic carbocycles. The van der Waals surface area contributed by atoms with Crippen molar-refractivity contribution in [2.45, 2.75) is 56.2 Å². The van der Waals surface area contributed by atoms with E-state index in [0.717, 1.165) is 50.5 Å². The second-order valence-corrected chi connectivity index (χ2v) is 10.2. The third kappa shape index (κ3) is 5.80. The first kappa shape index (κ1) is 27.4. The van der Waals surface area contributed by atoms with Crippen LogP contribution in [0, 0.1) is 0 Å². The number of carbonyl (C=O) groups is 2. The van der Waals surface area contributed by atoms with E-state index in [-0.39, 0.29) is 48.3 Å². The maximum Gasteiger partial charge on any atom is 0.416 e. The van der Waals surface area contributed by atoms with E-state index in [1.165, 1.54) is 12.1 Å². The molecule has 5 rings (SSSR count). The van der Waals surface area contributed by atoms with Crippen molar-refractivity contribution in [1.82, 2.24) is 24.9 Å². The first-order valence-electron chi connectivity index (χ1n) is 12.7. The molecule has 3 heterocycles. The van der Waals surface area contributed by atoms with Gasteiger partial charge < -0.3 is 10.2 Å². The summed E-state index contributed by atoms with van der Waals surface area (Å²) in [6.45, 7) is 2.67. The molecule has 1 saturated carbocycles. The molecule has 0 bridgehead atoms. The van der Waals surface area contributed by atoms with Crippen molar-refractivity contribution < 1.29 is 22.8 Å². The SMILES string of the molecule is CNC(=O)CN1CCC(n2ncc(C(=O)N3CC[C@@H](c4ccccc4C(F)(F)F)C3)c2C2CC2)CC1.Cl. The summed E-state index contributed by atoms with van der Waals surface area (Å²) in [5, 5.41) is 7.30. The highest BCUT2D eigenvalue weighted by Crippen LogP contribution is 2.44. The van der Waals surface area contributed by atoms with Crippen molar-refractivity contribution in [2.24, 2.45) is 0 Å². The third-order valence-electron chi connectivity index (χ3n) is 7.76. The highest BCUT2D eigenvalue weighted by molar-refractivity contribution is 5.95. The lowest BCUT2D eigenvalue weighted by molar-refractivity contribution is -0.138. The maximum atomic E-state index is 13.6. The Kier molecular flexibility index (Phi) is 8.18. The lowest BCUT2D eigenvalue weighted by Crippen LogP contribution is -2.41. The summed E-state index contributed by atoms with van der Waals surface area (Å²) < 4.78 is 42.6. The molecule has 1 aromatic heterocycles. The smallest absolute Gasteiger partial charge is 0.358 e. The summed E-state index contributed by atoms with van der Waals surface area (Å²) in [5.74, 6) is -0.163. The van der Waals surface area contributed by atoms with Crippen LogP contribution >= 0.6 is 12.4 Å². The Morgan fingerprint density at radius 3 is 2.38 bits per heavy atom. The van der Waals surface area contributed by atoms with Crippen LogP contribution in [-0.4, -0.2) is 71.2 Å². The zero-order chi connectivity index (χ0) is 25.4. The van der Waals surface area contributed by atoms with E-state index in [1.807, 2.05) is 4.68 Å². The van der Waals surface area contributed by atoms with Crippen LogP contribution in [-0.2, 0) is 11.0 Å². The van der Waals surface area contributed by atoms with E-state index in [0.29, 0.717) is 31.0 Å². The van der Waals surface area contributed by atoms with Crippen molar-refractivity contribution in [3.05, 3.63) is 52.8 Å². The molecule has 1 aliphatic carbocycles. The number of likely N-dealkylation sites (N-methyl/N-ethyl adjacent to an activating group) is 1. The number of alkyl halides is 3. The zero-order valence-electron chi connectivity index (χ0n) is 20.8. The molecular formula is C26H33ClF3N5O2. The van der Waals surface area contributed by atoms with Gasteiger partial charge in [0.25, 0.3) is 5.91 Å². The molecule has 3 aliphatic rings. The summed E-state index contributed by atoms with van der Waals surface area (Å²) in [6.07, 6.45) is 1.49. The van der Waals surface area contributed by atoms with E-state index in [4.69, 9.17) is 0 Å². The van der Waals surface area contributed by atoms with Gasteiger partial charge in [0.1, 0.15) is 0 Å². The van der Waals surface area contributed by atoms with Gasteiger partial charge in [-0.15, -0.1) is 12.4 Å². The number of hydrogen-bond acceptors (Lipinski definition) is 4. The lowest BCUT2D eigenvalue weighted by atomic mass is 9.93. The molecule has 0 unspecified atom stereocenters. The summed E-state index contributed by atoms with van der Waals surface area (Å²) in [7, 11) is 1.64. The number of nitrogens with zero attached hydrogens (tertiary/aromatic N) is 4. The minimum atomic E-state index is -4.41. The Labute approximate surface area is 220 Å². The molecule has 11 heteroatoms. The minimum Gasteiger partial charge on any atom is -0.358 e. The molecule has 3 fully saturated rings. The van der Waals surface area contributed by atoms with Crippen LogP contribution in [0.1, 0.15) is 77.2 Å². The van der Waals surface area contributed by atoms with Crippen molar-refractivity contribution in [1.29, 1.82) is 0 Å². The number of halogens is 4. The molecule has 1 atom stereocenters. The molecule has 202 valence electrons. The van der Waals surface area contributed by atoms with Crippen LogP contribution in [0.5, 0.6) is 0 Å². The van der Waals surface area contributed by atoms with Crippen LogP contribution in [0.25, 0.3) is 0 Å². The molecular weight excluding hydrogens is 507 g/mol. The summed E-state index contributed by atoms with van der Waals surface area (Å²) in [5.41, 5.74) is 1.22. The van der Waals surface area contributed by atoms with Gasteiger partial charge in [0.05, 0.1) is 35.6 Å². The average Bonchev–Trinajstić information content (AvgIpc) is 3.41. The zero-order valence-corrected chi connectivity index (χ0v) is 21.7. The minimum absolute atomic E-state index is 0. The predicted molar refractivity (Wildman–Crippen MR) is 135 cm³/mol. The molecule has 2 amide bonds. The number of hydrogen-bond donors (Lipinski definition) is 1. The number of amides is 2. The number of likely N-dealkylation sites (tertiary alicyclic amines) is 2. The van der Waals surface area contributed by atoms with E-state index in [9.17, 15) is 22.8 Å². The highest BCUT2D eigenvalue weighted by Gasteiger charge is 2.40. The summed E-state index contributed by atoms with van der Waals surface area (Å²) in [4.78, 5) is 29.1. The lowest BCUT2D eigenvalue weighted by Gasteiger charge is -2.32. The molecule has 1 N–H and O–H groups in total. The van der Waals surface area contributed by atoms with Crippen molar-refractivity contribution in [3.8, 4) is 0 Å². The fourth-order valence-corrected chi connectivity index (χ4v) is 5.68. The molecule has 7 nitrogen and oxygen atoms in total. The molecule has 0 spiro atoms. The number of rotatable bonds is 6. The Hall–Kier alpha value is -2.59. The average molecular weight is 540 g/mol. The van der Waals surface area contributed by atoms with Crippen LogP contribution in [0.15, 0.2) is 30.5 Å². The van der Waals surface area contributed by atoms with Gasteiger partial charge in [-0.2, -0.15) is 18.3 Å². The van der Waals surface area contributed by atoms with Gasteiger partial charge in [0, 0.05) is 45.1 Å². The maximum absolute atomic E-state index is 13.6. The van der Waals surface area contributed by atoms with Crippen LogP contribution in [0.4, 0.5) is 13.2 Å². The topological polar surface area (TPSA) is 70.5 Å². The van der Waals surface area contributed by atoms with E-state index in [2.05, 4.69) is 15.3 Å². The second-order valence-electron chi connectivity index (χ2n) is 10.2. The highest BCUT2D eigenvalue weighted by atomic mass is 35.5. The largest absolute Gasteiger partial charge is 0.416 e. The fourth-order valence-electron chi connectivity index (χ4n) is 5.68. The molecule has 2 aliphatic heterocycles. The van der Waals surface area contributed by atoms with Crippen LogP contribution in [0.2, 0.25) is 0 Å². The Balaban J connectivity index is 0.00000320. The van der Waals surface area contributed by atoms with Gasteiger partial charge in [-0.3, -0.25) is 19.2 Å². The number of aromatic nitrogens is 2. The quantitative estimate of drug-likeness (QED) is 0.597. The van der Waals surface area contributed by atoms with Gasteiger partial charge in [-0.05, 0) is 43.7 Å². The summed E-state index contributed by atoms with van der Waals surface area (Å²) >= 11 is 0. The molecule has 0 radical (unpaired) electrons. The number of nitrogens with one attached hydrogen (secondary N) is 1. The second kappa shape index (κ2) is 11.0. The van der Waals surface area contributed by atoms with Gasteiger partial charge in [0.2, 0.25) is 5.91 Å². The van der Waals surface area contributed by atoms with Crippen molar-refractivity contribution >= 4 is 24.2 Å². The number of piperidine rings is 1. The monoisotopic (exact) mass is 539 g/mol. The van der Waals surface area contributed by atoms with E-state index >= 15 is 0 Å². The molecule has 37 heavy (non-hydrogen) atoms. The van der Waals surface area contributed by atoms with Crippen molar-refractivity contribution in [3.63, 3.8) is 0 Å². The van der Waals surface area contributed by atoms with Crippen LogP contribution in [0.3, 0.4) is 0 Å². The van der Waals surface area contributed by atoms with Gasteiger partial charge in [-0.1, -0.05) is 18.2 Å². The predicted octanol–water partition coefficient (Wildman–Crippen LogP) is 4.21. The van der Waals surface area contributed by atoms with Crippen molar-refractivity contribution in [2.75, 3.05) is 39.8 Å². The Morgan fingerprint density at radius 1 is 1.03 bits per heavy atom.